The van der Waals surface area contributed by atoms with Gasteiger partial charge in [-0.3, -0.25) is 0 Å². The molecule has 35 heavy (non-hydrogen) atoms. The second kappa shape index (κ2) is 10.4. The fraction of sp³-hybridized carbons (Fsp3) is 0.591. The second-order valence-corrected chi connectivity index (χ2v) is 8.56. The van der Waals surface area contributed by atoms with Crippen LogP contribution in [0.1, 0.15) is 5.56 Å². The quantitative estimate of drug-likeness (QED) is 0.199. The van der Waals surface area contributed by atoms with Crippen molar-refractivity contribution in [3.63, 3.8) is 0 Å². The van der Waals surface area contributed by atoms with Gasteiger partial charge in [-0.1, -0.05) is 0 Å². The standard InChI is InChI=1S/C22H28O13/c1-8-4-14(24)32-11-5-9(2-3-10(8)11)31-7-13-15(25)16(26)19(29)22(34-13)35-20-12(6-23)33-21(30)18(28)17(20)27/h2-5,12-13,15-23,25-30H,6-7H2,1H3/t12-,13-,15-,16+,17-,18-,19-,20-,21-,22+/m1/s1. The largest absolute Gasteiger partial charge is 0.491 e. The Morgan fingerprint density at radius 2 is 1.63 bits per heavy atom. The number of fused-ring (bicyclic) bond motifs is 1. The van der Waals surface area contributed by atoms with E-state index in [1.165, 1.54) is 12.1 Å². The Morgan fingerprint density at radius 1 is 0.886 bits per heavy atom. The average Bonchev–Trinajstić information content (AvgIpc) is 2.83. The number of hydrogen-bond donors (Lipinski definition) is 7. The van der Waals surface area contributed by atoms with Crippen LogP contribution in [-0.2, 0) is 14.2 Å². The Bertz CT molecular complexity index is 1070. The van der Waals surface area contributed by atoms with Crippen molar-refractivity contribution in [3.05, 3.63) is 40.2 Å². The van der Waals surface area contributed by atoms with Crippen LogP contribution in [0.25, 0.3) is 11.0 Å². The lowest BCUT2D eigenvalue weighted by atomic mass is 9.97. The summed E-state index contributed by atoms with van der Waals surface area (Å²) >= 11 is 0. The van der Waals surface area contributed by atoms with Gasteiger partial charge in [-0.2, -0.15) is 0 Å². The number of aliphatic hydroxyl groups excluding tert-OH is 7. The zero-order valence-electron chi connectivity index (χ0n) is 18.6. The highest BCUT2D eigenvalue weighted by Gasteiger charge is 2.50. The summed E-state index contributed by atoms with van der Waals surface area (Å²) in [6.45, 7) is 0.735. The molecule has 2 aliphatic rings. The second-order valence-electron chi connectivity index (χ2n) is 8.56. The van der Waals surface area contributed by atoms with Gasteiger partial charge in [0, 0.05) is 17.5 Å². The van der Waals surface area contributed by atoms with Gasteiger partial charge < -0.3 is 59.1 Å². The summed E-state index contributed by atoms with van der Waals surface area (Å²) in [7, 11) is 0. The van der Waals surface area contributed by atoms with E-state index in [2.05, 4.69) is 0 Å². The smallest absolute Gasteiger partial charge is 0.336 e. The maximum atomic E-state index is 11.6. The highest BCUT2D eigenvalue weighted by molar-refractivity contribution is 5.81. The minimum Gasteiger partial charge on any atom is -0.491 e. The average molecular weight is 500 g/mol. The molecule has 2 saturated heterocycles. The number of aliphatic hydroxyl groups is 7. The predicted molar refractivity (Wildman–Crippen MR) is 114 cm³/mol. The van der Waals surface area contributed by atoms with Gasteiger partial charge in [-0.15, -0.1) is 0 Å². The molecule has 0 radical (unpaired) electrons. The maximum Gasteiger partial charge on any atom is 0.336 e. The number of ether oxygens (including phenoxy) is 4. The zero-order chi connectivity index (χ0) is 25.4. The SMILES string of the molecule is Cc1cc(=O)oc2cc(OC[C@H]3O[C@@H](O[C@H]4[C@H](O)[C@@H](O)[C@H](O)O[C@@H]4CO)[C@H](O)[C@@H](O)[C@@H]3O)ccc12. The molecule has 0 spiro atoms. The summed E-state index contributed by atoms with van der Waals surface area (Å²) in [5, 5.41) is 70.9. The molecule has 13 nitrogen and oxygen atoms in total. The molecular weight excluding hydrogens is 472 g/mol. The van der Waals surface area contributed by atoms with Crippen molar-refractivity contribution < 1.29 is 59.1 Å². The molecule has 0 unspecified atom stereocenters. The third-order valence-electron chi connectivity index (χ3n) is 6.14. The van der Waals surface area contributed by atoms with E-state index in [-0.39, 0.29) is 17.9 Å². The Morgan fingerprint density at radius 3 is 2.34 bits per heavy atom. The lowest BCUT2D eigenvalue weighted by Gasteiger charge is -2.45. The first-order valence-corrected chi connectivity index (χ1v) is 10.9. The van der Waals surface area contributed by atoms with Crippen LogP contribution in [0.4, 0.5) is 0 Å². The first kappa shape index (κ1) is 25.9. The molecule has 0 aliphatic carbocycles. The van der Waals surface area contributed by atoms with Gasteiger partial charge in [-0.25, -0.2) is 4.79 Å². The van der Waals surface area contributed by atoms with Crippen molar-refractivity contribution >= 4 is 11.0 Å². The topological polar surface area (TPSA) is 209 Å². The first-order valence-electron chi connectivity index (χ1n) is 10.9. The van der Waals surface area contributed by atoms with Gasteiger partial charge >= 0.3 is 5.63 Å². The van der Waals surface area contributed by atoms with Crippen molar-refractivity contribution in [2.45, 2.75) is 68.3 Å². The highest BCUT2D eigenvalue weighted by atomic mass is 16.7. The van der Waals surface area contributed by atoms with Crippen molar-refractivity contribution in [2.24, 2.45) is 0 Å². The summed E-state index contributed by atoms with van der Waals surface area (Å²) in [6, 6.07) is 6.13. The molecule has 2 fully saturated rings. The van der Waals surface area contributed by atoms with E-state index in [0.717, 1.165) is 5.56 Å². The Kier molecular flexibility index (Phi) is 7.73. The summed E-state index contributed by atoms with van der Waals surface area (Å²) in [4.78, 5) is 11.6. The molecule has 1 aromatic heterocycles. The van der Waals surface area contributed by atoms with Crippen molar-refractivity contribution in [1.82, 2.24) is 0 Å². The number of aryl methyl sites for hydroxylation is 1. The lowest BCUT2D eigenvalue weighted by molar-refractivity contribution is -0.354. The molecule has 4 rings (SSSR count). The van der Waals surface area contributed by atoms with E-state index in [1.54, 1.807) is 19.1 Å². The minimum absolute atomic E-state index is 0.272. The molecule has 7 N–H and O–H groups in total. The maximum absolute atomic E-state index is 11.6. The Balaban J connectivity index is 1.47. The molecule has 13 heteroatoms. The fourth-order valence-corrected chi connectivity index (χ4v) is 4.13. The molecule has 0 amide bonds. The monoisotopic (exact) mass is 500 g/mol. The Labute approximate surface area is 198 Å². The molecule has 1 aromatic carbocycles. The van der Waals surface area contributed by atoms with Gasteiger partial charge in [0.05, 0.1) is 6.61 Å². The van der Waals surface area contributed by atoms with E-state index < -0.39 is 73.6 Å². The molecule has 194 valence electrons. The normalized spacial score (nSPS) is 37.9. The van der Waals surface area contributed by atoms with Crippen LogP contribution >= 0.6 is 0 Å². The summed E-state index contributed by atoms with van der Waals surface area (Å²) in [6.07, 6.45) is -15.9. The minimum atomic E-state index is -1.78. The van der Waals surface area contributed by atoms with Gasteiger partial charge in [0.2, 0.25) is 0 Å². The van der Waals surface area contributed by atoms with E-state index >= 15 is 0 Å². The lowest BCUT2D eigenvalue weighted by Crippen LogP contribution is -2.64. The summed E-state index contributed by atoms with van der Waals surface area (Å²) < 4.78 is 26.9. The van der Waals surface area contributed by atoms with Crippen molar-refractivity contribution in [3.8, 4) is 5.75 Å². The number of hydrogen-bond acceptors (Lipinski definition) is 13. The molecule has 0 bridgehead atoms. The predicted octanol–water partition coefficient (Wildman–Crippen LogP) is -2.90. The molecule has 2 aromatic rings. The number of rotatable bonds is 6. The summed E-state index contributed by atoms with van der Waals surface area (Å²) in [5.41, 5.74) is 0.484. The van der Waals surface area contributed by atoms with Crippen LogP contribution in [0.5, 0.6) is 5.75 Å². The van der Waals surface area contributed by atoms with Crippen molar-refractivity contribution in [2.75, 3.05) is 13.2 Å². The van der Waals surface area contributed by atoms with Crippen LogP contribution in [0.15, 0.2) is 33.5 Å². The van der Waals surface area contributed by atoms with Gasteiger partial charge in [-0.05, 0) is 24.6 Å². The van der Waals surface area contributed by atoms with Crippen LogP contribution in [-0.4, -0.2) is 110 Å². The van der Waals surface area contributed by atoms with E-state index in [4.69, 9.17) is 23.4 Å². The van der Waals surface area contributed by atoms with Crippen LogP contribution in [0, 0.1) is 6.92 Å². The Hall–Kier alpha value is -2.17. The molecule has 10 atom stereocenters. The third kappa shape index (κ3) is 5.20. The van der Waals surface area contributed by atoms with E-state index in [9.17, 15) is 40.5 Å². The fourth-order valence-electron chi connectivity index (χ4n) is 4.13. The zero-order valence-corrected chi connectivity index (χ0v) is 18.6. The first-order chi connectivity index (χ1) is 16.6. The van der Waals surface area contributed by atoms with Gasteiger partial charge in [0.1, 0.15) is 66.8 Å². The number of benzene rings is 1. The van der Waals surface area contributed by atoms with E-state index in [0.29, 0.717) is 5.39 Å². The van der Waals surface area contributed by atoms with Gasteiger partial charge in [0.25, 0.3) is 0 Å². The summed E-state index contributed by atoms with van der Waals surface area (Å²) in [5.74, 6) is 0.272. The highest BCUT2D eigenvalue weighted by Crippen LogP contribution is 2.29. The third-order valence-corrected chi connectivity index (χ3v) is 6.14. The molecule has 3 heterocycles. The van der Waals surface area contributed by atoms with E-state index in [1.807, 2.05) is 0 Å². The van der Waals surface area contributed by atoms with Crippen molar-refractivity contribution in [1.29, 1.82) is 0 Å². The molecule has 2 aliphatic heterocycles. The molecule has 0 saturated carbocycles. The molecular formula is C22H28O13. The van der Waals surface area contributed by atoms with Crippen LogP contribution in [0.2, 0.25) is 0 Å². The van der Waals surface area contributed by atoms with Gasteiger partial charge in [0.15, 0.2) is 12.6 Å². The van der Waals surface area contributed by atoms with Crippen LogP contribution < -0.4 is 10.4 Å². The van der Waals surface area contributed by atoms with Crippen LogP contribution in [0.3, 0.4) is 0 Å².